The first-order valence-electron chi connectivity index (χ1n) is 11.5. The molecule has 1 fully saturated rings. The number of hydrogen-bond donors (Lipinski definition) is 4. The topological polar surface area (TPSA) is 89.8 Å². The summed E-state index contributed by atoms with van der Waals surface area (Å²) < 4.78 is 0. The Labute approximate surface area is 181 Å². The van der Waals surface area contributed by atoms with Gasteiger partial charge in [-0.1, -0.05) is 42.5 Å². The van der Waals surface area contributed by atoms with E-state index in [1.54, 1.807) is 0 Å². The third-order valence-electron chi connectivity index (χ3n) is 6.19. The fourth-order valence-electron chi connectivity index (χ4n) is 4.45. The van der Waals surface area contributed by atoms with Crippen LogP contribution in [0.1, 0.15) is 63.9 Å². The lowest BCUT2D eigenvalue weighted by Crippen LogP contribution is -2.23. The second-order valence-corrected chi connectivity index (χ2v) is 8.51. The van der Waals surface area contributed by atoms with Gasteiger partial charge in [0.2, 0.25) is 5.91 Å². The Morgan fingerprint density at radius 1 is 1.13 bits per heavy atom. The number of benzene rings is 1. The van der Waals surface area contributed by atoms with Gasteiger partial charge in [-0.2, -0.15) is 0 Å². The van der Waals surface area contributed by atoms with Crippen molar-refractivity contribution in [2.75, 3.05) is 6.54 Å². The third kappa shape index (κ3) is 8.58. The van der Waals surface area contributed by atoms with Crippen LogP contribution in [-0.2, 0) is 11.2 Å². The third-order valence-corrected chi connectivity index (χ3v) is 6.19. The van der Waals surface area contributed by atoms with Crippen molar-refractivity contribution in [3.63, 3.8) is 0 Å². The number of allylic oxidation sites excluding steroid dienone is 2. The summed E-state index contributed by atoms with van der Waals surface area (Å²) in [6.07, 6.45) is 9.02. The van der Waals surface area contributed by atoms with Crippen LogP contribution in [0.4, 0.5) is 0 Å². The van der Waals surface area contributed by atoms with Crippen molar-refractivity contribution in [2.45, 2.75) is 83.0 Å². The van der Waals surface area contributed by atoms with Crippen molar-refractivity contribution in [1.82, 2.24) is 5.32 Å². The highest BCUT2D eigenvalue weighted by molar-refractivity contribution is 5.75. The Morgan fingerprint density at radius 3 is 2.60 bits per heavy atom. The summed E-state index contributed by atoms with van der Waals surface area (Å²) in [7, 11) is 0. The highest BCUT2D eigenvalue weighted by atomic mass is 16.3. The van der Waals surface area contributed by atoms with Gasteiger partial charge in [0.25, 0.3) is 0 Å². The van der Waals surface area contributed by atoms with Crippen molar-refractivity contribution < 1.29 is 20.1 Å². The summed E-state index contributed by atoms with van der Waals surface area (Å²) >= 11 is 0. The number of aryl methyl sites for hydroxylation is 1. The minimum Gasteiger partial charge on any atom is -0.393 e. The number of unbranched alkanes of at least 4 members (excludes halogenated alkanes) is 1. The van der Waals surface area contributed by atoms with Gasteiger partial charge in [-0.3, -0.25) is 4.79 Å². The summed E-state index contributed by atoms with van der Waals surface area (Å²) in [5.41, 5.74) is 1.23. The van der Waals surface area contributed by atoms with Crippen molar-refractivity contribution in [2.24, 2.45) is 11.8 Å². The van der Waals surface area contributed by atoms with Crippen LogP contribution in [0.25, 0.3) is 0 Å². The molecule has 5 heteroatoms. The fraction of sp³-hybridized carbons (Fsp3) is 0.640. The normalized spacial score (nSPS) is 24.9. The van der Waals surface area contributed by atoms with E-state index in [9.17, 15) is 20.1 Å². The van der Waals surface area contributed by atoms with Gasteiger partial charge < -0.3 is 20.6 Å². The van der Waals surface area contributed by atoms with E-state index in [2.05, 4.69) is 29.6 Å². The van der Waals surface area contributed by atoms with Crippen LogP contribution in [0, 0.1) is 11.8 Å². The highest BCUT2D eigenvalue weighted by Crippen LogP contribution is 2.38. The second kappa shape index (κ2) is 13.6. The molecular formula is C25H39NO4. The van der Waals surface area contributed by atoms with E-state index < -0.39 is 12.2 Å². The van der Waals surface area contributed by atoms with Crippen LogP contribution in [0.15, 0.2) is 42.5 Å². The van der Waals surface area contributed by atoms with Gasteiger partial charge in [0.05, 0.1) is 18.3 Å². The number of nitrogens with one attached hydrogen (secondary N) is 1. The molecule has 1 aromatic carbocycles. The predicted molar refractivity (Wildman–Crippen MR) is 120 cm³/mol. The number of carbonyl (C=O) groups is 1. The Hall–Kier alpha value is -1.69. The second-order valence-electron chi connectivity index (χ2n) is 8.51. The maximum atomic E-state index is 11.4. The smallest absolute Gasteiger partial charge is 0.219 e. The Morgan fingerprint density at radius 2 is 1.87 bits per heavy atom. The summed E-state index contributed by atoms with van der Waals surface area (Å²) in [5, 5.41) is 33.9. The van der Waals surface area contributed by atoms with Crippen molar-refractivity contribution in [3.8, 4) is 0 Å². The fourth-order valence-corrected chi connectivity index (χ4v) is 4.45. The zero-order valence-electron chi connectivity index (χ0n) is 18.2. The van der Waals surface area contributed by atoms with E-state index >= 15 is 0 Å². The molecule has 0 bridgehead atoms. The number of carbonyl (C=O) groups excluding carboxylic acids is 1. The van der Waals surface area contributed by atoms with Gasteiger partial charge >= 0.3 is 0 Å². The molecule has 5 atom stereocenters. The first-order chi connectivity index (χ1) is 14.5. The monoisotopic (exact) mass is 417 g/mol. The molecule has 0 aromatic heterocycles. The molecule has 4 N–H and O–H groups in total. The van der Waals surface area contributed by atoms with Gasteiger partial charge in [0.15, 0.2) is 0 Å². The number of hydrogen-bond acceptors (Lipinski definition) is 4. The molecule has 0 heterocycles. The Bertz CT molecular complexity index is 633. The first kappa shape index (κ1) is 24.6. The number of rotatable bonds is 13. The molecule has 1 saturated carbocycles. The zero-order valence-corrected chi connectivity index (χ0v) is 18.2. The summed E-state index contributed by atoms with van der Waals surface area (Å²) in [6, 6.07) is 10.2. The zero-order chi connectivity index (χ0) is 21.8. The summed E-state index contributed by atoms with van der Waals surface area (Å²) in [4.78, 5) is 11.4. The number of aliphatic hydroxyl groups is 3. The molecule has 0 spiro atoms. The van der Waals surface area contributed by atoms with Crippen molar-refractivity contribution in [3.05, 3.63) is 48.0 Å². The Balaban J connectivity index is 1.71. The lowest BCUT2D eigenvalue weighted by Gasteiger charge is -2.23. The van der Waals surface area contributed by atoms with Crippen LogP contribution in [0.5, 0.6) is 0 Å². The summed E-state index contributed by atoms with van der Waals surface area (Å²) in [6.45, 7) is 2.58. The average Bonchev–Trinajstić information content (AvgIpc) is 3.00. The van der Waals surface area contributed by atoms with E-state index in [1.165, 1.54) is 5.56 Å². The van der Waals surface area contributed by atoms with Crippen LogP contribution < -0.4 is 5.32 Å². The maximum Gasteiger partial charge on any atom is 0.219 e. The molecule has 0 saturated heterocycles. The molecule has 1 aliphatic carbocycles. The maximum absolute atomic E-state index is 11.4. The molecule has 168 valence electrons. The molecule has 1 amide bonds. The first-order valence-corrected chi connectivity index (χ1v) is 11.5. The average molecular weight is 418 g/mol. The molecule has 0 aliphatic heterocycles. The van der Waals surface area contributed by atoms with E-state index in [4.69, 9.17) is 0 Å². The van der Waals surface area contributed by atoms with E-state index in [-0.39, 0.29) is 23.8 Å². The molecule has 30 heavy (non-hydrogen) atoms. The quantitative estimate of drug-likeness (QED) is 0.293. The lowest BCUT2D eigenvalue weighted by molar-refractivity contribution is -0.121. The number of aliphatic hydroxyl groups excluding tert-OH is 3. The molecule has 1 aliphatic rings. The molecule has 1 aromatic rings. The van der Waals surface area contributed by atoms with Gasteiger partial charge in [-0.05, 0) is 75.7 Å². The van der Waals surface area contributed by atoms with Gasteiger partial charge in [0.1, 0.15) is 0 Å². The van der Waals surface area contributed by atoms with Gasteiger partial charge in [-0.25, -0.2) is 0 Å². The van der Waals surface area contributed by atoms with E-state index in [0.29, 0.717) is 32.2 Å². The van der Waals surface area contributed by atoms with E-state index in [1.807, 2.05) is 25.1 Å². The predicted octanol–water partition coefficient (Wildman–Crippen LogP) is 3.37. The van der Waals surface area contributed by atoms with Crippen LogP contribution >= 0.6 is 0 Å². The molecule has 5 nitrogen and oxygen atoms in total. The minimum absolute atomic E-state index is 0.0198. The molecule has 2 rings (SSSR count). The van der Waals surface area contributed by atoms with Crippen LogP contribution in [0.3, 0.4) is 0 Å². The van der Waals surface area contributed by atoms with Crippen LogP contribution in [0.2, 0.25) is 0 Å². The number of amides is 1. The standard InChI is InChI=1S/C25H39NO4/c1-2-26-25(30)13-9-4-3-8-12-21-22(24(29)18-23(21)28)17-16-20(27)15-14-19-10-6-5-7-11-19/h3,5-8,10-11,20-24,27-29H,2,4,9,12-18H2,1H3,(H,26,30)/b8-3-/t20-,21+,22+,23-,24+/m0/s1. The Kier molecular flexibility index (Phi) is 11.1. The largest absolute Gasteiger partial charge is 0.393 e. The van der Waals surface area contributed by atoms with Gasteiger partial charge in [-0.15, -0.1) is 0 Å². The SMILES string of the molecule is CCNC(=O)CCC/C=C\C[C@@H]1[C@@H](CC[C@@H](O)CCc2ccccc2)[C@H](O)C[C@@H]1O. The van der Waals surface area contributed by atoms with Gasteiger partial charge in [0, 0.05) is 13.0 Å². The highest BCUT2D eigenvalue weighted by Gasteiger charge is 2.40. The van der Waals surface area contributed by atoms with Crippen molar-refractivity contribution >= 4 is 5.91 Å². The van der Waals surface area contributed by atoms with E-state index in [0.717, 1.165) is 32.1 Å². The lowest BCUT2D eigenvalue weighted by atomic mass is 9.85. The molecule has 0 radical (unpaired) electrons. The van der Waals surface area contributed by atoms with Crippen LogP contribution in [-0.4, -0.2) is 46.1 Å². The van der Waals surface area contributed by atoms with Crippen molar-refractivity contribution in [1.29, 1.82) is 0 Å². The molecular weight excluding hydrogens is 378 g/mol. The minimum atomic E-state index is -0.502. The molecule has 0 unspecified atom stereocenters. The summed E-state index contributed by atoms with van der Waals surface area (Å²) in [5.74, 6) is 0.137.